The maximum Gasteiger partial charge on any atom is 0.243 e. The number of carbonyl (C=O) groups excluding carboxylic acids is 2. The number of likely N-dealkylation sites (tertiary alicyclic amines) is 2. The van der Waals surface area contributed by atoms with Crippen LogP contribution in [0.4, 0.5) is 0 Å². The molecule has 0 bridgehead atoms. The number of aliphatic hydroxyl groups is 1. The van der Waals surface area contributed by atoms with Gasteiger partial charge in [0.1, 0.15) is 6.04 Å². The Balaban J connectivity index is 1.47. The minimum atomic E-state index is -0.688. The highest BCUT2D eigenvalue weighted by Gasteiger charge is 2.42. The second kappa shape index (κ2) is 13.1. The molecule has 216 valence electrons. The summed E-state index contributed by atoms with van der Waals surface area (Å²) in [6.45, 7) is 12.8. The molecule has 4 rings (SSSR count). The number of piperidine rings is 1. The predicted octanol–water partition coefficient (Wildman–Crippen LogP) is 3.65. The summed E-state index contributed by atoms with van der Waals surface area (Å²) in [6.07, 6.45) is 6.59. The van der Waals surface area contributed by atoms with Crippen molar-refractivity contribution in [2.45, 2.75) is 84.7 Å². The largest absolute Gasteiger partial charge is 0.391 e. The second-order valence-corrected chi connectivity index (χ2v) is 13.0. The zero-order chi connectivity index (χ0) is 28.3. The van der Waals surface area contributed by atoms with Gasteiger partial charge in [-0.15, -0.1) is 11.3 Å². The number of nitrogens with one attached hydrogen (secondary N) is 1. The first kappa shape index (κ1) is 29.9. The average Bonchev–Trinajstić information content (AvgIpc) is 3.49. The second-order valence-electron chi connectivity index (χ2n) is 12.2. The van der Waals surface area contributed by atoms with Gasteiger partial charge in [0.2, 0.25) is 11.8 Å². The number of aryl methyl sites for hydroxylation is 1. The molecule has 0 aromatic carbocycles. The van der Waals surface area contributed by atoms with Gasteiger partial charge in [0.05, 0.1) is 34.4 Å². The first-order valence-corrected chi connectivity index (χ1v) is 15.3. The lowest BCUT2D eigenvalue weighted by molar-refractivity contribution is -0.144. The summed E-state index contributed by atoms with van der Waals surface area (Å²) in [5.41, 5.74) is 5.16. The quantitative estimate of drug-likeness (QED) is 0.481. The lowest BCUT2D eigenvalue weighted by atomic mass is 9.84. The molecule has 3 atom stereocenters. The van der Waals surface area contributed by atoms with Gasteiger partial charge in [-0.05, 0) is 49.8 Å². The van der Waals surface area contributed by atoms with Crippen molar-refractivity contribution in [3.8, 4) is 0 Å². The standard InChI is InChI=1S/C30H46N4O4S/c1-18(2)27(19(3)4)30(37)34-16-23(35)14-25(34)29(36)31-15-22-8-7-21(28-20(5)32-17-39-28)13-26(22)38-24-9-11-33(6)12-10-24/h7-8,17-19,23-27,35H,9-16H2,1-6H3,(H,31,36)/t23-,25+,26?/m1/s1. The van der Waals surface area contributed by atoms with E-state index in [2.05, 4.69) is 34.4 Å². The Hall–Kier alpha value is -2.07. The number of hydrogen-bond donors (Lipinski definition) is 2. The Kier molecular flexibility index (Phi) is 10.0. The number of aliphatic hydroxyl groups excluding tert-OH is 1. The summed E-state index contributed by atoms with van der Waals surface area (Å²) in [5, 5.41) is 13.5. The summed E-state index contributed by atoms with van der Waals surface area (Å²) in [5.74, 6) is -0.112. The molecule has 0 spiro atoms. The van der Waals surface area contributed by atoms with Gasteiger partial charge in [-0.3, -0.25) is 9.59 Å². The van der Waals surface area contributed by atoms with E-state index in [1.807, 2.05) is 40.1 Å². The Morgan fingerprint density at radius 2 is 1.87 bits per heavy atom. The fourth-order valence-corrected chi connectivity index (χ4v) is 7.14. The smallest absolute Gasteiger partial charge is 0.243 e. The molecule has 0 saturated carbocycles. The monoisotopic (exact) mass is 558 g/mol. The normalized spacial score (nSPS) is 25.0. The summed E-state index contributed by atoms with van der Waals surface area (Å²) in [6, 6.07) is -0.657. The molecule has 39 heavy (non-hydrogen) atoms. The van der Waals surface area contributed by atoms with Gasteiger partial charge in [0.15, 0.2) is 0 Å². The number of allylic oxidation sites excluding steroid dienone is 2. The van der Waals surface area contributed by atoms with E-state index in [1.165, 1.54) is 10.5 Å². The van der Waals surface area contributed by atoms with Crippen molar-refractivity contribution in [2.24, 2.45) is 17.8 Å². The fraction of sp³-hybridized carbons (Fsp3) is 0.700. The van der Waals surface area contributed by atoms with Gasteiger partial charge >= 0.3 is 0 Å². The Morgan fingerprint density at radius 1 is 1.18 bits per heavy atom. The van der Waals surface area contributed by atoms with Crippen molar-refractivity contribution in [1.29, 1.82) is 0 Å². The van der Waals surface area contributed by atoms with Crippen LogP contribution in [0.5, 0.6) is 0 Å². The Labute approximate surface area is 237 Å². The summed E-state index contributed by atoms with van der Waals surface area (Å²) in [4.78, 5) is 36.4. The van der Waals surface area contributed by atoms with Crippen molar-refractivity contribution in [3.05, 3.63) is 33.8 Å². The molecule has 3 heterocycles. The lowest BCUT2D eigenvalue weighted by Gasteiger charge is -2.34. The third kappa shape index (κ3) is 7.17. The number of aromatic nitrogens is 1. The van der Waals surface area contributed by atoms with E-state index in [1.54, 1.807) is 16.2 Å². The minimum absolute atomic E-state index is 0.0374. The van der Waals surface area contributed by atoms with Gasteiger partial charge in [0.25, 0.3) is 0 Å². The summed E-state index contributed by atoms with van der Waals surface area (Å²) in [7, 11) is 2.14. The lowest BCUT2D eigenvalue weighted by Crippen LogP contribution is -2.50. The van der Waals surface area contributed by atoms with Crippen molar-refractivity contribution in [3.63, 3.8) is 0 Å². The van der Waals surface area contributed by atoms with Crippen molar-refractivity contribution in [2.75, 3.05) is 33.2 Å². The number of thiazole rings is 1. The van der Waals surface area contributed by atoms with Crippen molar-refractivity contribution < 1.29 is 19.4 Å². The van der Waals surface area contributed by atoms with Gasteiger partial charge in [0, 0.05) is 44.9 Å². The predicted molar refractivity (Wildman–Crippen MR) is 155 cm³/mol. The molecular weight excluding hydrogens is 512 g/mol. The van der Waals surface area contributed by atoms with Crippen LogP contribution in [0, 0.1) is 24.7 Å². The molecule has 9 heteroatoms. The van der Waals surface area contributed by atoms with Gasteiger partial charge in [-0.2, -0.15) is 0 Å². The zero-order valence-electron chi connectivity index (χ0n) is 24.4. The van der Waals surface area contributed by atoms with Crippen LogP contribution in [0.25, 0.3) is 5.57 Å². The van der Waals surface area contributed by atoms with Crippen molar-refractivity contribution in [1.82, 2.24) is 20.1 Å². The fourth-order valence-electron chi connectivity index (χ4n) is 6.30. The van der Waals surface area contributed by atoms with Crippen LogP contribution in [0.2, 0.25) is 0 Å². The molecular formula is C30H46N4O4S. The topological polar surface area (TPSA) is 95.0 Å². The van der Waals surface area contributed by atoms with Crippen LogP contribution in [-0.4, -0.2) is 89.3 Å². The number of nitrogens with zero attached hydrogens (tertiary/aromatic N) is 3. The van der Waals surface area contributed by atoms with E-state index in [-0.39, 0.29) is 54.7 Å². The van der Waals surface area contributed by atoms with E-state index in [0.717, 1.165) is 43.6 Å². The van der Waals surface area contributed by atoms with Crippen LogP contribution in [0.15, 0.2) is 23.2 Å². The van der Waals surface area contributed by atoms with Crippen LogP contribution in [0.1, 0.15) is 63.9 Å². The molecule has 2 N–H and O–H groups in total. The Morgan fingerprint density at radius 3 is 2.49 bits per heavy atom. The highest BCUT2D eigenvalue weighted by atomic mass is 32.1. The van der Waals surface area contributed by atoms with Crippen LogP contribution < -0.4 is 5.32 Å². The number of ether oxygens (including phenoxy) is 1. The van der Waals surface area contributed by atoms with E-state index in [4.69, 9.17) is 4.74 Å². The number of β-amino-alcohol motifs (C(OH)–C–C–N with tert-alkyl or cyclic N) is 1. The first-order chi connectivity index (χ1) is 18.5. The van der Waals surface area contributed by atoms with Crippen molar-refractivity contribution >= 4 is 28.7 Å². The third-order valence-corrected chi connectivity index (χ3v) is 9.43. The maximum atomic E-state index is 13.5. The highest BCUT2D eigenvalue weighted by molar-refractivity contribution is 7.10. The molecule has 2 amide bonds. The van der Waals surface area contributed by atoms with Crippen LogP contribution in [-0.2, 0) is 14.3 Å². The zero-order valence-corrected chi connectivity index (χ0v) is 25.2. The van der Waals surface area contributed by atoms with Gasteiger partial charge in [-0.1, -0.05) is 39.8 Å². The SMILES string of the molecule is Cc1ncsc1C1=CC=C(CNC(=O)[C@@H]2C[C@@H](O)CN2C(=O)C(C(C)C)C(C)C)C(OC2CCN(C)CC2)C1. The molecule has 0 radical (unpaired) electrons. The molecule has 2 aliphatic heterocycles. The average molecular weight is 559 g/mol. The number of amides is 2. The minimum Gasteiger partial charge on any atom is -0.391 e. The third-order valence-electron chi connectivity index (χ3n) is 8.43. The first-order valence-electron chi connectivity index (χ1n) is 14.5. The van der Waals surface area contributed by atoms with E-state index < -0.39 is 12.1 Å². The van der Waals surface area contributed by atoms with E-state index in [9.17, 15) is 14.7 Å². The molecule has 2 saturated heterocycles. The molecule has 1 aromatic heterocycles. The maximum absolute atomic E-state index is 13.5. The molecule has 1 aromatic rings. The van der Waals surface area contributed by atoms with E-state index >= 15 is 0 Å². The number of hydrogen-bond acceptors (Lipinski definition) is 7. The number of carbonyl (C=O) groups is 2. The summed E-state index contributed by atoms with van der Waals surface area (Å²) < 4.78 is 6.67. The van der Waals surface area contributed by atoms with Gasteiger partial charge in [-0.25, -0.2) is 4.98 Å². The highest BCUT2D eigenvalue weighted by Crippen LogP contribution is 2.34. The van der Waals surface area contributed by atoms with Crippen LogP contribution in [0.3, 0.4) is 0 Å². The van der Waals surface area contributed by atoms with Gasteiger partial charge < -0.3 is 25.0 Å². The molecule has 1 unspecified atom stereocenters. The molecule has 1 aliphatic carbocycles. The Bertz CT molecular complexity index is 1060. The number of rotatable bonds is 9. The van der Waals surface area contributed by atoms with Crippen LogP contribution >= 0.6 is 11.3 Å². The van der Waals surface area contributed by atoms with E-state index in [0.29, 0.717) is 6.54 Å². The molecule has 2 fully saturated rings. The summed E-state index contributed by atoms with van der Waals surface area (Å²) >= 11 is 1.65. The molecule has 3 aliphatic rings. The molecule has 8 nitrogen and oxygen atoms in total.